The van der Waals surface area contributed by atoms with Gasteiger partial charge in [-0.2, -0.15) is 0 Å². The van der Waals surface area contributed by atoms with Crippen molar-refractivity contribution in [2.45, 2.75) is 265 Å². The van der Waals surface area contributed by atoms with Crippen LogP contribution in [0.25, 0.3) is 0 Å². The van der Waals surface area contributed by atoms with E-state index in [2.05, 4.69) is 20.8 Å². The van der Waals surface area contributed by atoms with E-state index in [4.69, 9.17) is 4.74 Å². The molecule has 0 saturated heterocycles. The Kier molecular flexibility index (Phi) is 40.2. The second-order valence-electron chi connectivity index (χ2n) is 15.1. The van der Waals surface area contributed by atoms with Crippen molar-refractivity contribution in [1.82, 2.24) is 0 Å². The Bertz CT molecular complexity index is 526. The summed E-state index contributed by atoms with van der Waals surface area (Å²) in [6, 6.07) is 0. The minimum absolute atomic E-state index is 0.118. The first-order valence-electron chi connectivity index (χ1n) is 21.9. The molecule has 0 aromatic heterocycles. The second kappa shape index (κ2) is 40.6. The summed E-state index contributed by atoms with van der Waals surface area (Å²) in [5, 5.41) is 0. The lowest BCUT2D eigenvalue weighted by atomic mass is 9.94. The van der Waals surface area contributed by atoms with Crippen LogP contribution in [0.4, 0.5) is 0 Å². The Labute approximate surface area is 292 Å². The van der Waals surface area contributed by atoms with Crippen molar-refractivity contribution in [1.29, 1.82) is 0 Å². The van der Waals surface area contributed by atoms with Gasteiger partial charge >= 0.3 is 5.97 Å². The van der Waals surface area contributed by atoms with Gasteiger partial charge in [-0.25, -0.2) is 0 Å². The van der Waals surface area contributed by atoms with Gasteiger partial charge in [0.05, 0.1) is 12.5 Å². The third-order valence-electron chi connectivity index (χ3n) is 10.4. The van der Waals surface area contributed by atoms with Gasteiger partial charge in [-0.3, -0.25) is 4.79 Å². The molecule has 0 atom stereocenters. The number of carbonyl (C=O) groups is 1. The van der Waals surface area contributed by atoms with Gasteiger partial charge in [-0.05, 0) is 19.3 Å². The Hall–Kier alpha value is -0.530. The van der Waals surface area contributed by atoms with Gasteiger partial charge in [-0.15, -0.1) is 0 Å². The van der Waals surface area contributed by atoms with E-state index in [1.165, 1.54) is 225 Å². The van der Waals surface area contributed by atoms with Crippen LogP contribution < -0.4 is 0 Å². The zero-order valence-electron chi connectivity index (χ0n) is 32.5. The maximum Gasteiger partial charge on any atom is 0.308 e. The summed E-state index contributed by atoms with van der Waals surface area (Å²) in [7, 11) is 0. The van der Waals surface area contributed by atoms with E-state index in [1.54, 1.807) is 0 Å². The van der Waals surface area contributed by atoms with Gasteiger partial charge in [0.2, 0.25) is 0 Å². The number of hydrogen-bond donors (Lipinski definition) is 0. The van der Waals surface area contributed by atoms with Gasteiger partial charge in [0.25, 0.3) is 0 Å². The molecule has 0 unspecified atom stereocenters. The van der Waals surface area contributed by atoms with Crippen LogP contribution in [0, 0.1) is 5.92 Å². The highest BCUT2D eigenvalue weighted by atomic mass is 16.5. The first kappa shape index (κ1) is 45.5. The van der Waals surface area contributed by atoms with E-state index >= 15 is 0 Å². The first-order valence-corrected chi connectivity index (χ1v) is 21.9. The summed E-state index contributed by atoms with van der Waals surface area (Å²) in [5.41, 5.74) is 0. The minimum atomic E-state index is 0.118. The molecule has 0 aromatic carbocycles. The molecular weight excluding hydrogens is 560 g/mol. The molecule has 0 saturated carbocycles. The topological polar surface area (TPSA) is 26.3 Å². The molecule has 0 rings (SSSR count). The summed E-state index contributed by atoms with van der Waals surface area (Å²) in [4.78, 5) is 13.1. The fraction of sp³-hybridized carbons (Fsp3) is 0.977. The smallest absolute Gasteiger partial charge is 0.308 e. The van der Waals surface area contributed by atoms with Gasteiger partial charge in [0.15, 0.2) is 0 Å². The first-order chi connectivity index (χ1) is 22.8. The largest absolute Gasteiger partial charge is 0.465 e. The third kappa shape index (κ3) is 36.3. The molecule has 0 radical (unpaired) electrons. The standard InChI is InChI=1S/C44H88O2/c1-4-7-10-13-16-19-21-23-25-27-29-31-34-37-40-43(44(45)46-42-39-36-33-18-15-12-9-6-3)41-38-35-32-30-28-26-24-22-20-17-14-11-8-5-2/h43H,4-42H2,1-3H3. The van der Waals surface area contributed by atoms with E-state index in [1.807, 2.05) is 0 Å². The van der Waals surface area contributed by atoms with Crippen LogP contribution in [0.2, 0.25) is 0 Å². The lowest BCUT2D eigenvalue weighted by molar-refractivity contribution is -0.149. The van der Waals surface area contributed by atoms with Gasteiger partial charge < -0.3 is 4.74 Å². The Morgan fingerprint density at radius 1 is 0.326 bits per heavy atom. The average molecular weight is 649 g/mol. The maximum atomic E-state index is 13.1. The van der Waals surface area contributed by atoms with Crippen molar-refractivity contribution in [3.63, 3.8) is 0 Å². The average Bonchev–Trinajstić information content (AvgIpc) is 3.06. The van der Waals surface area contributed by atoms with Crippen molar-refractivity contribution in [3.05, 3.63) is 0 Å². The molecule has 0 aromatic rings. The van der Waals surface area contributed by atoms with Crippen molar-refractivity contribution in [2.24, 2.45) is 5.92 Å². The zero-order valence-corrected chi connectivity index (χ0v) is 32.5. The molecule has 0 aliphatic carbocycles. The fourth-order valence-electron chi connectivity index (χ4n) is 7.08. The second-order valence-corrected chi connectivity index (χ2v) is 15.1. The van der Waals surface area contributed by atoms with Crippen LogP contribution in [0.1, 0.15) is 265 Å². The van der Waals surface area contributed by atoms with Gasteiger partial charge in [-0.1, -0.05) is 245 Å². The zero-order chi connectivity index (χ0) is 33.4. The van der Waals surface area contributed by atoms with Crippen LogP contribution in [0.3, 0.4) is 0 Å². The van der Waals surface area contributed by atoms with Gasteiger partial charge in [0, 0.05) is 0 Å². The lowest BCUT2D eigenvalue weighted by Gasteiger charge is -2.16. The molecule has 0 fully saturated rings. The number of hydrogen-bond acceptors (Lipinski definition) is 2. The molecule has 2 heteroatoms. The Morgan fingerprint density at radius 2 is 0.543 bits per heavy atom. The highest BCUT2D eigenvalue weighted by Crippen LogP contribution is 2.22. The van der Waals surface area contributed by atoms with E-state index in [0.717, 1.165) is 19.3 Å². The fourth-order valence-corrected chi connectivity index (χ4v) is 7.08. The quantitative estimate of drug-likeness (QED) is 0.0488. The molecular formula is C44H88O2. The van der Waals surface area contributed by atoms with Crippen LogP contribution in [0.5, 0.6) is 0 Å². The molecule has 0 amide bonds. The normalized spacial score (nSPS) is 11.6. The molecule has 0 N–H and O–H groups in total. The number of unbranched alkanes of at least 4 members (excludes halogenated alkanes) is 33. The van der Waals surface area contributed by atoms with Crippen molar-refractivity contribution in [2.75, 3.05) is 6.61 Å². The molecule has 0 aliphatic heterocycles. The van der Waals surface area contributed by atoms with E-state index < -0.39 is 0 Å². The summed E-state index contributed by atoms with van der Waals surface area (Å²) in [6.07, 6.45) is 51.3. The van der Waals surface area contributed by atoms with E-state index in [9.17, 15) is 4.79 Å². The molecule has 0 spiro atoms. The van der Waals surface area contributed by atoms with Crippen molar-refractivity contribution in [3.8, 4) is 0 Å². The van der Waals surface area contributed by atoms with E-state index in [-0.39, 0.29) is 11.9 Å². The van der Waals surface area contributed by atoms with Crippen molar-refractivity contribution < 1.29 is 9.53 Å². The number of ether oxygens (including phenoxy) is 1. The highest BCUT2D eigenvalue weighted by molar-refractivity contribution is 5.72. The highest BCUT2D eigenvalue weighted by Gasteiger charge is 2.19. The molecule has 2 nitrogen and oxygen atoms in total. The van der Waals surface area contributed by atoms with Crippen LogP contribution in [-0.4, -0.2) is 12.6 Å². The molecule has 0 aliphatic rings. The third-order valence-corrected chi connectivity index (χ3v) is 10.4. The minimum Gasteiger partial charge on any atom is -0.465 e. The Morgan fingerprint density at radius 3 is 0.804 bits per heavy atom. The van der Waals surface area contributed by atoms with E-state index in [0.29, 0.717) is 6.61 Å². The lowest BCUT2D eigenvalue weighted by Crippen LogP contribution is -2.18. The summed E-state index contributed by atoms with van der Waals surface area (Å²) in [6.45, 7) is 7.52. The van der Waals surface area contributed by atoms with Crippen LogP contribution in [0.15, 0.2) is 0 Å². The number of esters is 1. The Balaban J connectivity index is 4.03. The molecule has 276 valence electrons. The number of carbonyl (C=O) groups excluding carboxylic acids is 1. The molecule has 46 heavy (non-hydrogen) atoms. The monoisotopic (exact) mass is 649 g/mol. The van der Waals surface area contributed by atoms with Crippen LogP contribution >= 0.6 is 0 Å². The maximum absolute atomic E-state index is 13.1. The summed E-state index contributed by atoms with van der Waals surface area (Å²) < 4.78 is 5.85. The predicted octanol–water partition coefficient (Wildman–Crippen LogP) is 16.0. The van der Waals surface area contributed by atoms with Gasteiger partial charge in [0.1, 0.15) is 0 Å². The van der Waals surface area contributed by atoms with Crippen LogP contribution in [-0.2, 0) is 9.53 Å². The summed E-state index contributed by atoms with van der Waals surface area (Å²) >= 11 is 0. The number of rotatable bonds is 40. The van der Waals surface area contributed by atoms with Crippen molar-refractivity contribution >= 4 is 5.97 Å². The SMILES string of the molecule is CCCCCCCCCCCCCCCCC(CCCCCCCCCCCCCCCC)C(=O)OCCCCCCCCCC. The summed E-state index contributed by atoms with van der Waals surface area (Å²) in [5.74, 6) is 0.260. The predicted molar refractivity (Wildman–Crippen MR) is 207 cm³/mol. The molecule has 0 bridgehead atoms. The molecule has 0 heterocycles.